The van der Waals surface area contributed by atoms with Crippen LogP contribution in [0.25, 0.3) is 0 Å². The minimum Gasteiger partial charge on any atom is -0.446 e. The highest BCUT2D eigenvalue weighted by Crippen LogP contribution is 2.33. The molecular formula is C9H14Br3NO2. The SMILES string of the molecule is O=C(NC1CCCCC1)OCC(Br)(Br)Br. The molecule has 88 valence electrons. The molecular weight excluding hydrogens is 394 g/mol. The summed E-state index contributed by atoms with van der Waals surface area (Å²) in [4.78, 5) is 11.4. The van der Waals surface area contributed by atoms with Crippen molar-refractivity contribution >= 4 is 53.9 Å². The predicted octanol–water partition coefficient (Wildman–Crippen LogP) is 3.88. The third-order valence-electron chi connectivity index (χ3n) is 2.29. The molecule has 0 spiro atoms. The van der Waals surface area contributed by atoms with E-state index in [1.165, 1.54) is 19.3 Å². The van der Waals surface area contributed by atoms with Crippen molar-refractivity contribution in [2.75, 3.05) is 6.61 Å². The smallest absolute Gasteiger partial charge is 0.407 e. The van der Waals surface area contributed by atoms with Crippen molar-refractivity contribution in [3.05, 3.63) is 0 Å². The Morgan fingerprint density at radius 1 is 1.27 bits per heavy atom. The summed E-state index contributed by atoms with van der Waals surface area (Å²) in [5.41, 5.74) is 0. The molecule has 0 aromatic carbocycles. The fourth-order valence-electron chi connectivity index (χ4n) is 1.60. The number of alkyl carbamates (subject to hydrolysis) is 1. The molecule has 1 aliphatic rings. The molecule has 0 aliphatic heterocycles. The molecule has 0 bridgehead atoms. The number of ether oxygens (including phenoxy) is 1. The quantitative estimate of drug-likeness (QED) is 0.705. The molecule has 0 radical (unpaired) electrons. The summed E-state index contributed by atoms with van der Waals surface area (Å²) in [6, 6.07) is 0.293. The minimum atomic E-state index is -0.517. The Bertz CT molecular complexity index is 212. The van der Waals surface area contributed by atoms with Gasteiger partial charge in [-0.05, 0) is 12.8 Å². The number of carbonyl (C=O) groups is 1. The van der Waals surface area contributed by atoms with Crippen LogP contribution >= 0.6 is 47.8 Å². The van der Waals surface area contributed by atoms with Crippen LogP contribution in [0.15, 0.2) is 0 Å². The fraction of sp³-hybridized carbons (Fsp3) is 0.889. The first-order valence-electron chi connectivity index (χ1n) is 4.97. The molecule has 0 saturated heterocycles. The van der Waals surface area contributed by atoms with Crippen LogP contribution in [0.5, 0.6) is 0 Å². The molecule has 3 nitrogen and oxygen atoms in total. The molecule has 6 heteroatoms. The Kier molecular flexibility index (Phi) is 5.92. The number of amides is 1. The summed E-state index contributed by atoms with van der Waals surface area (Å²) in [6.07, 6.45) is 5.47. The topological polar surface area (TPSA) is 38.3 Å². The Morgan fingerprint density at radius 3 is 2.40 bits per heavy atom. The van der Waals surface area contributed by atoms with E-state index in [9.17, 15) is 4.79 Å². The highest BCUT2D eigenvalue weighted by molar-refractivity contribution is 9.39. The lowest BCUT2D eigenvalue weighted by Crippen LogP contribution is -2.37. The molecule has 0 aromatic heterocycles. The second-order valence-corrected chi connectivity index (χ2v) is 10.9. The average Bonchev–Trinajstić information content (AvgIpc) is 2.15. The van der Waals surface area contributed by atoms with Gasteiger partial charge in [0.25, 0.3) is 0 Å². The maximum Gasteiger partial charge on any atom is 0.407 e. The monoisotopic (exact) mass is 405 g/mol. The van der Waals surface area contributed by atoms with Crippen molar-refractivity contribution in [2.45, 2.75) is 40.3 Å². The third-order valence-corrected chi connectivity index (χ3v) is 2.98. The van der Waals surface area contributed by atoms with Gasteiger partial charge in [-0.3, -0.25) is 0 Å². The van der Waals surface area contributed by atoms with E-state index < -0.39 is 2.14 Å². The predicted molar refractivity (Wildman–Crippen MR) is 70.9 cm³/mol. The van der Waals surface area contributed by atoms with E-state index in [-0.39, 0.29) is 12.7 Å². The molecule has 1 N–H and O–H groups in total. The van der Waals surface area contributed by atoms with E-state index in [0.717, 1.165) is 12.8 Å². The number of halogens is 3. The molecule has 15 heavy (non-hydrogen) atoms. The molecule has 1 fully saturated rings. The number of carbonyl (C=O) groups excluding carboxylic acids is 1. The Balaban J connectivity index is 2.17. The van der Waals surface area contributed by atoms with Crippen LogP contribution in [0.3, 0.4) is 0 Å². The molecule has 1 aliphatic carbocycles. The first-order valence-corrected chi connectivity index (χ1v) is 7.35. The maximum atomic E-state index is 11.4. The highest BCUT2D eigenvalue weighted by atomic mass is 80.0. The van der Waals surface area contributed by atoms with Gasteiger partial charge in [-0.25, -0.2) is 4.79 Å². The van der Waals surface area contributed by atoms with E-state index >= 15 is 0 Å². The van der Waals surface area contributed by atoms with Gasteiger partial charge < -0.3 is 10.1 Å². The average molecular weight is 408 g/mol. The van der Waals surface area contributed by atoms with Gasteiger partial charge in [-0.15, -0.1) is 0 Å². The van der Waals surface area contributed by atoms with Crippen molar-refractivity contribution in [3.8, 4) is 0 Å². The second-order valence-electron chi connectivity index (χ2n) is 3.67. The Morgan fingerprint density at radius 2 is 1.87 bits per heavy atom. The number of nitrogens with one attached hydrogen (secondary N) is 1. The van der Waals surface area contributed by atoms with Crippen LogP contribution in [-0.2, 0) is 4.74 Å². The van der Waals surface area contributed by atoms with Crippen molar-refractivity contribution in [1.29, 1.82) is 0 Å². The van der Waals surface area contributed by atoms with Gasteiger partial charge in [-0.1, -0.05) is 67.1 Å². The van der Waals surface area contributed by atoms with Gasteiger partial charge >= 0.3 is 6.09 Å². The van der Waals surface area contributed by atoms with E-state index in [1.54, 1.807) is 0 Å². The van der Waals surface area contributed by atoms with Crippen LogP contribution in [-0.4, -0.2) is 20.9 Å². The minimum absolute atomic E-state index is 0.228. The van der Waals surface area contributed by atoms with Crippen molar-refractivity contribution in [2.24, 2.45) is 0 Å². The summed E-state index contributed by atoms with van der Waals surface area (Å²) in [7, 11) is 0. The van der Waals surface area contributed by atoms with Gasteiger partial charge in [0.2, 0.25) is 0 Å². The largest absolute Gasteiger partial charge is 0.446 e. The van der Waals surface area contributed by atoms with Crippen LogP contribution in [0, 0.1) is 0 Å². The van der Waals surface area contributed by atoms with E-state index in [1.807, 2.05) is 0 Å². The standard InChI is InChI=1S/C9H14Br3NO2/c10-9(11,12)6-15-8(14)13-7-4-2-1-3-5-7/h7H,1-6H2,(H,13,14). The van der Waals surface area contributed by atoms with Gasteiger partial charge in [0.05, 0.1) is 0 Å². The molecule has 0 atom stereocenters. The lowest BCUT2D eigenvalue weighted by molar-refractivity contribution is 0.144. The third kappa shape index (κ3) is 6.79. The summed E-state index contributed by atoms with van der Waals surface area (Å²) < 4.78 is 4.50. The van der Waals surface area contributed by atoms with E-state index in [4.69, 9.17) is 4.74 Å². The van der Waals surface area contributed by atoms with Gasteiger partial charge in [-0.2, -0.15) is 0 Å². The molecule has 0 aromatic rings. The molecule has 0 unspecified atom stereocenters. The maximum absolute atomic E-state index is 11.4. The van der Waals surface area contributed by atoms with E-state index in [2.05, 4.69) is 53.1 Å². The number of alkyl halides is 3. The Labute approximate surface area is 115 Å². The summed E-state index contributed by atoms with van der Waals surface area (Å²) in [6.45, 7) is 0.228. The van der Waals surface area contributed by atoms with Crippen molar-refractivity contribution in [1.82, 2.24) is 5.32 Å². The second kappa shape index (κ2) is 6.45. The van der Waals surface area contributed by atoms with Crippen LogP contribution in [0.2, 0.25) is 0 Å². The van der Waals surface area contributed by atoms with E-state index in [0.29, 0.717) is 6.04 Å². The number of hydrogen-bond acceptors (Lipinski definition) is 2. The van der Waals surface area contributed by atoms with Crippen LogP contribution < -0.4 is 5.32 Å². The highest BCUT2D eigenvalue weighted by Gasteiger charge is 2.22. The normalized spacial score (nSPS) is 18.6. The first-order chi connectivity index (χ1) is 6.97. The zero-order valence-corrected chi connectivity index (χ0v) is 13.0. The van der Waals surface area contributed by atoms with Crippen molar-refractivity contribution in [3.63, 3.8) is 0 Å². The molecule has 1 amide bonds. The van der Waals surface area contributed by atoms with Gasteiger partial charge in [0, 0.05) is 6.04 Å². The van der Waals surface area contributed by atoms with Gasteiger partial charge in [0.1, 0.15) is 6.61 Å². The summed E-state index contributed by atoms with van der Waals surface area (Å²) in [5, 5.41) is 2.87. The van der Waals surface area contributed by atoms with Crippen LogP contribution in [0.4, 0.5) is 4.79 Å². The first kappa shape index (κ1) is 13.8. The molecule has 1 rings (SSSR count). The fourth-order valence-corrected chi connectivity index (χ4v) is 1.95. The molecule has 0 heterocycles. The number of hydrogen-bond donors (Lipinski definition) is 1. The summed E-state index contributed by atoms with van der Waals surface area (Å²) in [5.74, 6) is 0. The van der Waals surface area contributed by atoms with Gasteiger partial charge in [0.15, 0.2) is 2.14 Å². The zero-order valence-electron chi connectivity index (χ0n) is 8.27. The zero-order chi connectivity index (χ0) is 11.3. The Hall–Kier alpha value is 0.710. The lowest BCUT2D eigenvalue weighted by Gasteiger charge is -2.23. The summed E-state index contributed by atoms with van der Waals surface area (Å²) >= 11 is 9.78. The number of rotatable bonds is 2. The molecule has 1 saturated carbocycles. The van der Waals surface area contributed by atoms with Crippen LogP contribution in [0.1, 0.15) is 32.1 Å². The lowest BCUT2D eigenvalue weighted by atomic mass is 9.96. The van der Waals surface area contributed by atoms with Crippen molar-refractivity contribution < 1.29 is 9.53 Å².